The number of carbonyl (C=O) groups is 2. The molecule has 0 spiro atoms. The van der Waals surface area contributed by atoms with Crippen LogP contribution in [0.25, 0.3) is 10.9 Å². The minimum absolute atomic E-state index is 0.0666. The van der Waals surface area contributed by atoms with Crippen LogP contribution in [0.1, 0.15) is 36.2 Å². The van der Waals surface area contributed by atoms with Crippen molar-refractivity contribution >= 4 is 22.7 Å². The van der Waals surface area contributed by atoms with Crippen molar-refractivity contribution in [3.63, 3.8) is 0 Å². The number of piperidine rings is 3. The fourth-order valence-corrected chi connectivity index (χ4v) is 5.81. The van der Waals surface area contributed by atoms with Gasteiger partial charge in [-0.3, -0.25) is 9.59 Å². The number of likely N-dealkylation sites (tertiary alicyclic amines) is 1. The van der Waals surface area contributed by atoms with Crippen LogP contribution in [0.3, 0.4) is 0 Å². The number of hydrogen-bond donors (Lipinski definition) is 0. The molecule has 4 heterocycles. The highest BCUT2D eigenvalue weighted by Crippen LogP contribution is 2.39. The van der Waals surface area contributed by atoms with Crippen LogP contribution in [0, 0.1) is 11.8 Å². The highest BCUT2D eigenvalue weighted by atomic mass is 16.5. The fraction of sp³-hybridized carbons (Fsp3) is 0.565. The van der Waals surface area contributed by atoms with Crippen molar-refractivity contribution in [1.29, 1.82) is 0 Å². The van der Waals surface area contributed by atoms with Crippen molar-refractivity contribution in [2.75, 3.05) is 33.9 Å². The first kappa shape index (κ1) is 19.3. The third-order valence-corrected chi connectivity index (χ3v) is 7.23. The van der Waals surface area contributed by atoms with Crippen LogP contribution in [-0.2, 0) is 11.8 Å². The highest BCUT2D eigenvalue weighted by molar-refractivity contribution is 5.99. The zero-order chi connectivity index (χ0) is 21.0. The van der Waals surface area contributed by atoms with Gasteiger partial charge in [-0.2, -0.15) is 0 Å². The Balaban J connectivity index is 1.43. The lowest BCUT2D eigenvalue weighted by Crippen LogP contribution is -2.61. The number of aromatic nitrogens is 1. The van der Waals surface area contributed by atoms with Gasteiger partial charge in [0.05, 0.1) is 19.7 Å². The van der Waals surface area contributed by atoms with E-state index in [0.717, 1.165) is 49.8 Å². The van der Waals surface area contributed by atoms with Gasteiger partial charge in [0.15, 0.2) is 11.5 Å². The van der Waals surface area contributed by atoms with Gasteiger partial charge < -0.3 is 23.8 Å². The van der Waals surface area contributed by atoms with E-state index in [1.54, 1.807) is 14.2 Å². The van der Waals surface area contributed by atoms with Gasteiger partial charge in [0, 0.05) is 50.6 Å². The second-order valence-corrected chi connectivity index (χ2v) is 8.93. The van der Waals surface area contributed by atoms with Crippen LogP contribution >= 0.6 is 0 Å². The number of fused-ring (bicyclic) bond motifs is 5. The van der Waals surface area contributed by atoms with Gasteiger partial charge in [-0.05, 0) is 43.2 Å². The molecule has 0 unspecified atom stereocenters. The number of nitrogens with zero attached hydrogens (tertiary/aromatic N) is 3. The topological polar surface area (TPSA) is 64.0 Å². The van der Waals surface area contributed by atoms with Gasteiger partial charge in [0.1, 0.15) is 5.69 Å². The lowest BCUT2D eigenvalue weighted by molar-refractivity contribution is -0.144. The molecule has 2 amide bonds. The SMILES string of the molecule is COc1cc2cc(C(=O)N3C[C@H]4C[C@@H](C3)[C@H]3CCCC(=O)N3C4)n(C)c2cc1OC. The summed E-state index contributed by atoms with van der Waals surface area (Å²) in [4.78, 5) is 30.0. The van der Waals surface area contributed by atoms with Crippen LogP contribution in [-0.4, -0.2) is 66.1 Å². The average Bonchev–Trinajstić information content (AvgIpc) is 3.08. The van der Waals surface area contributed by atoms with E-state index in [0.29, 0.717) is 47.4 Å². The van der Waals surface area contributed by atoms with Crippen LogP contribution in [0.2, 0.25) is 0 Å². The molecule has 0 N–H and O–H groups in total. The number of carbonyl (C=O) groups excluding carboxylic acids is 2. The number of ether oxygens (including phenoxy) is 2. The molecule has 3 fully saturated rings. The van der Waals surface area contributed by atoms with E-state index in [9.17, 15) is 9.59 Å². The molecule has 7 nitrogen and oxygen atoms in total. The van der Waals surface area contributed by atoms with Crippen molar-refractivity contribution in [3.8, 4) is 11.5 Å². The number of rotatable bonds is 3. The summed E-state index contributed by atoms with van der Waals surface area (Å²) in [5.74, 6) is 2.44. The largest absolute Gasteiger partial charge is 0.493 e. The Morgan fingerprint density at radius 3 is 2.60 bits per heavy atom. The summed E-state index contributed by atoms with van der Waals surface area (Å²) in [6.45, 7) is 2.26. The summed E-state index contributed by atoms with van der Waals surface area (Å²) in [6.07, 6.45) is 3.85. The molecule has 3 saturated heterocycles. The number of aryl methyl sites for hydroxylation is 1. The summed E-state index contributed by atoms with van der Waals surface area (Å²) in [5.41, 5.74) is 1.62. The molecular formula is C23H29N3O4. The molecule has 160 valence electrons. The molecule has 0 radical (unpaired) electrons. The predicted molar refractivity (Wildman–Crippen MR) is 113 cm³/mol. The molecule has 0 aliphatic carbocycles. The molecule has 2 aromatic rings. The fourth-order valence-electron chi connectivity index (χ4n) is 5.81. The second-order valence-electron chi connectivity index (χ2n) is 8.93. The maximum Gasteiger partial charge on any atom is 0.270 e. The quantitative estimate of drug-likeness (QED) is 0.779. The third kappa shape index (κ3) is 2.94. The van der Waals surface area contributed by atoms with Crippen molar-refractivity contribution < 1.29 is 19.1 Å². The first-order valence-corrected chi connectivity index (χ1v) is 10.8. The molecule has 5 rings (SSSR count). The average molecular weight is 412 g/mol. The van der Waals surface area contributed by atoms with E-state index in [-0.39, 0.29) is 5.91 Å². The summed E-state index contributed by atoms with van der Waals surface area (Å²) in [6, 6.07) is 6.09. The van der Waals surface area contributed by atoms with E-state index in [2.05, 4.69) is 4.90 Å². The Bertz CT molecular complexity index is 1010. The maximum atomic E-state index is 13.5. The van der Waals surface area contributed by atoms with E-state index in [4.69, 9.17) is 9.47 Å². The zero-order valence-electron chi connectivity index (χ0n) is 17.9. The smallest absolute Gasteiger partial charge is 0.270 e. The standard InChI is InChI=1S/C23H29N3O4/c1-24-18-10-21(30-3)20(29-2)9-15(18)8-19(24)23(28)25-11-14-7-16(13-25)17-5-4-6-22(27)26(17)12-14/h8-10,14,16-17H,4-7,11-13H2,1-3H3/t14-,16+,17-/m1/s1. The van der Waals surface area contributed by atoms with Crippen molar-refractivity contribution in [1.82, 2.24) is 14.4 Å². The summed E-state index contributed by atoms with van der Waals surface area (Å²) >= 11 is 0. The van der Waals surface area contributed by atoms with Crippen molar-refractivity contribution in [3.05, 3.63) is 23.9 Å². The van der Waals surface area contributed by atoms with Crippen LogP contribution in [0.4, 0.5) is 0 Å². The molecule has 3 aliphatic rings. The summed E-state index contributed by atoms with van der Waals surface area (Å²) in [7, 11) is 5.16. The number of benzene rings is 1. The molecule has 3 aliphatic heterocycles. The zero-order valence-corrected chi connectivity index (χ0v) is 17.9. The third-order valence-electron chi connectivity index (χ3n) is 7.23. The summed E-state index contributed by atoms with van der Waals surface area (Å²) in [5, 5.41) is 0.958. The predicted octanol–water partition coefficient (Wildman–Crippen LogP) is 2.67. The van der Waals surface area contributed by atoms with Gasteiger partial charge in [0.2, 0.25) is 5.91 Å². The molecule has 0 saturated carbocycles. The van der Waals surface area contributed by atoms with E-state index >= 15 is 0 Å². The first-order chi connectivity index (χ1) is 14.5. The van der Waals surface area contributed by atoms with Crippen molar-refractivity contribution in [2.45, 2.75) is 31.7 Å². The van der Waals surface area contributed by atoms with E-state index in [1.165, 1.54) is 0 Å². The highest BCUT2D eigenvalue weighted by Gasteiger charge is 2.45. The van der Waals surface area contributed by atoms with Crippen molar-refractivity contribution in [2.24, 2.45) is 18.9 Å². The Morgan fingerprint density at radius 1 is 1.07 bits per heavy atom. The monoisotopic (exact) mass is 411 g/mol. The number of hydrogen-bond acceptors (Lipinski definition) is 4. The normalized spacial score (nSPS) is 26.0. The Labute approximate surface area is 176 Å². The molecule has 1 aromatic heterocycles. The Hall–Kier alpha value is -2.70. The maximum absolute atomic E-state index is 13.5. The molecule has 3 atom stereocenters. The molecular weight excluding hydrogens is 382 g/mol. The number of amides is 2. The van der Waals surface area contributed by atoms with Gasteiger partial charge >= 0.3 is 0 Å². The molecule has 1 aromatic carbocycles. The first-order valence-electron chi connectivity index (χ1n) is 10.8. The van der Waals surface area contributed by atoms with E-state index < -0.39 is 0 Å². The Kier molecular flexibility index (Phi) is 4.64. The minimum Gasteiger partial charge on any atom is -0.493 e. The lowest BCUT2D eigenvalue weighted by atomic mass is 9.76. The van der Waals surface area contributed by atoms with Gasteiger partial charge in [0.25, 0.3) is 5.91 Å². The minimum atomic E-state index is 0.0666. The van der Waals surface area contributed by atoms with E-state index in [1.807, 2.05) is 34.7 Å². The molecule has 30 heavy (non-hydrogen) atoms. The van der Waals surface area contributed by atoms with Gasteiger partial charge in [-0.25, -0.2) is 0 Å². The van der Waals surface area contributed by atoms with Crippen LogP contribution < -0.4 is 9.47 Å². The van der Waals surface area contributed by atoms with Crippen LogP contribution in [0.15, 0.2) is 18.2 Å². The van der Waals surface area contributed by atoms with Crippen LogP contribution in [0.5, 0.6) is 11.5 Å². The molecule has 7 heteroatoms. The Morgan fingerprint density at radius 2 is 1.83 bits per heavy atom. The summed E-state index contributed by atoms with van der Waals surface area (Å²) < 4.78 is 12.8. The molecule has 2 bridgehead atoms. The van der Waals surface area contributed by atoms with Gasteiger partial charge in [-0.1, -0.05) is 0 Å². The number of methoxy groups -OCH3 is 2. The van der Waals surface area contributed by atoms with Gasteiger partial charge in [-0.15, -0.1) is 0 Å². The second kappa shape index (κ2) is 7.22. The lowest BCUT2D eigenvalue weighted by Gasteiger charge is -2.52.